The molecule has 0 aliphatic heterocycles. The van der Waals surface area contributed by atoms with Gasteiger partial charge in [-0.2, -0.15) is 13.2 Å². The second kappa shape index (κ2) is 8.82. The van der Waals surface area contributed by atoms with Crippen LogP contribution in [0.3, 0.4) is 0 Å². The number of thioether (sulfide) groups is 1. The summed E-state index contributed by atoms with van der Waals surface area (Å²) in [4.78, 5) is 36.2. The second-order valence-electron chi connectivity index (χ2n) is 5.44. The fourth-order valence-electron chi connectivity index (χ4n) is 2.22. The fraction of sp³-hybridized carbons (Fsp3) is 0.400. The number of methoxy groups -OCH3 is 2. The van der Waals surface area contributed by atoms with Crippen LogP contribution in [-0.4, -0.2) is 52.6 Å². The Morgan fingerprint density at radius 1 is 1.17 bits per heavy atom. The van der Waals surface area contributed by atoms with Gasteiger partial charge in [-0.25, -0.2) is 9.59 Å². The normalized spacial score (nSPS) is 11.3. The maximum absolute atomic E-state index is 12.7. The molecule has 9 nitrogen and oxygen atoms in total. The molecule has 158 valence electrons. The Morgan fingerprint density at radius 3 is 2.31 bits per heavy atom. The molecular formula is C15H15F3N4O5S2. The van der Waals surface area contributed by atoms with Gasteiger partial charge < -0.3 is 19.4 Å². The quantitative estimate of drug-likeness (QED) is 0.526. The standard InChI is InChI=1S/C15H15F3N4O5S2/c1-6-8(11(24)26-3)10(29-9(6)12(25)27-4)19-7(23)5-28-14-21-20-13(22(14)2)15(16,17)18/h5H2,1-4H3,(H,19,23). The summed E-state index contributed by atoms with van der Waals surface area (Å²) in [6.07, 6.45) is -4.67. The van der Waals surface area contributed by atoms with Crippen LogP contribution in [0.5, 0.6) is 0 Å². The van der Waals surface area contributed by atoms with Crippen molar-refractivity contribution in [3.8, 4) is 0 Å². The maximum Gasteiger partial charge on any atom is 0.451 e. The molecule has 0 atom stereocenters. The third-order valence-corrected chi connectivity index (χ3v) is 5.79. The van der Waals surface area contributed by atoms with E-state index in [0.29, 0.717) is 0 Å². The number of alkyl halides is 3. The molecule has 1 N–H and O–H groups in total. The number of hydrogen-bond acceptors (Lipinski definition) is 9. The highest BCUT2D eigenvalue weighted by Gasteiger charge is 2.37. The molecule has 0 saturated heterocycles. The van der Waals surface area contributed by atoms with Crippen molar-refractivity contribution in [1.29, 1.82) is 0 Å². The lowest BCUT2D eigenvalue weighted by molar-refractivity contribution is -0.147. The fourth-order valence-corrected chi connectivity index (χ4v) is 4.06. The van der Waals surface area contributed by atoms with Gasteiger partial charge in [0.05, 0.1) is 25.5 Å². The molecule has 0 unspecified atom stereocenters. The number of nitrogens with zero attached hydrogens (tertiary/aromatic N) is 3. The first-order valence-corrected chi connectivity index (χ1v) is 9.50. The third-order valence-electron chi connectivity index (χ3n) is 3.58. The van der Waals surface area contributed by atoms with Crippen LogP contribution >= 0.6 is 23.1 Å². The van der Waals surface area contributed by atoms with E-state index in [2.05, 4.69) is 25.0 Å². The van der Waals surface area contributed by atoms with E-state index in [1.54, 1.807) is 0 Å². The van der Waals surface area contributed by atoms with Crippen LogP contribution in [-0.2, 0) is 27.5 Å². The first-order valence-electron chi connectivity index (χ1n) is 7.70. The molecule has 1 amide bonds. The Kier molecular flexibility index (Phi) is 6.89. The van der Waals surface area contributed by atoms with Crippen LogP contribution in [0.25, 0.3) is 0 Å². The number of anilines is 1. The molecule has 0 bridgehead atoms. The zero-order valence-corrected chi connectivity index (χ0v) is 17.2. The van der Waals surface area contributed by atoms with Crippen LogP contribution < -0.4 is 5.32 Å². The van der Waals surface area contributed by atoms with Crippen LogP contribution in [0.2, 0.25) is 0 Å². The molecule has 0 aliphatic rings. The molecular weight excluding hydrogens is 437 g/mol. The third kappa shape index (κ3) is 4.87. The summed E-state index contributed by atoms with van der Waals surface area (Å²) >= 11 is 1.55. The number of amides is 1. The van der Waals surface area contributed by atoms with Crippen LogP contribution in [0.1, 0.15) is 31.4 Å². The lowest BCUT2D eigenvalue weighted by Gasteiger charge is -2.07. The number of rotatable bonds is 6. The van der Waals surface area contributed by atoms with Crippen molar-refractivity contribution in [2.45, 2.75) is 18.3 Å². The predicted octanol–water partition coefficient (Wildman–Crippen LogP) is 2.51. The van der Waals surface area contributed by atoms with E-state index < -0.39 is 29.8 Å². The average molecular weight is 452 g/mol. The molecule has 29 heavy (non-hydrogen) atoms. The van der Waals surface area contributed by atoms with Crippen molar-refractivity contribution >= 4 is 45.9 Å². The number of carbonyl (C=O) groups excluding carboxylic acids is 3. The summed E-state index contributed by atoms with van der Waals surface area (Å²) < 4.78 is 48.3. The van der Waals surface area contributed by atoms with E-state index in [1.165, 1.54) is 14.0 Å². The molecule has 2 heterocycles. The van der Waals surface area contributed by atoms with Gasteiger partial charge in [0.1, 0.15) is 9.88 Å². The average Bonchev–Trinajstić information content (AvgIpc) is 3.18. The van der Waals surface area contributed by atoms with Gasteiger partial charge in [0, 0.05) is 7.05 Å². The number of halogens is 3. The molecule has 2 rings (SSSR count). The number of aromatic nitrogens is 3. The van der Waals surface area contributed by atoms with Crippen molar-refractivity contribution in [3.05, 3.63) is 21.8 Å². The van der Waals surface area contributed by atoms with E-state index >= 15 is 0 Å². The number of esters is 2. The van der Waals surface area contributed by atoms with Crippen molar-refractivity contribution in [2.75, 3.05) is 25.3 Å². The molecule has 0 aromatic carbocycles. The molecule has 0 saturated carbocycles. The molecule has 0 aliphatic carbocycles. The van der Waals surface area contributed by atoms with Crippen LogP contribution in [0, 0.1) is 6.92 Å². The zero-order valence-electron chi connectivity index (χ0n) is 15.5. The number of nitrogens with one attached hydrogen (secondary N) is 1. The summed E-state index contributed by atoms with van der Waals surface area (Å²) in [7, 11) is 3.44. The summed E-state index contributed by atoms with van der Waals surface area (Å²) in [5.41, 5.74) is 0.272. The Hall–Kier alpha value is -2.61. The molecule has 2 aromatic rings. The van der Waals surface area contributed by atoms with Gasteiger partial charge >= 0.3 is 18.1 Å². The van der Waals surface area contributed by atoms with Crippen LogP contribution in [0.15, 0.2) is 5.16 Å². The molecule has 0 radical (unpaired) electrons. The summed E-state index contributed by atoms with van der Waals surface area (Å²) in [5.74, 6) is -3.58. The monoisotopic (exact) mass is 452 g/mol. The number of ether oxygens (including phenoxy) is 2. The van der Waals surface area contributed by atoms with E-state index in [-0.39, 0.29) is 31.9 Å². The molecule has 0 fully saturated rings. The number of carbonyl (C=O) groups is 3. The van der Waals surface area contributed by atoms with E-state index in [0.717, 1.165) is 41.8 Å². The molecule has 14 heteroatoms. The highest BCUT2D eigenvalue weighted by molar-refractivity contribution is 7.99. The second-order valence-corrected chi connectivity index (χ2v) is 7.41. The zero-order chi connectivity index (χ0) is 21.9. The van der Waals surface area contributed by atoms with Gasteiger partial charge in [0.15, 0.2) is 5.16 Å². The van der Waals surface area contributed by atoms with Crippen molar-refractivity contribution in [3.63, 3.8) is 0 Å². The van der Waals surface area contributed by atoms with Gasteiger partial charge in [-0.15, -0.1) is 21.5 Å². The van der Waals surface area contributed by atoms with E-state index in [4.69, 9.17) is 0 Å². The first-order chi connectivity index (χ1) is 13.5. The summed E-state index contributed by atoms with van der Waals surface area (Å²) in [6.45, 7) is 1.50. The van der Waals surface area contributed by atoms with Gasteiger partial charge in [0.25, 0.3) is 0 Å². The summed E-state index contributed by atoms with van der Waals surface area (Å²) in [6, 6.07) is 0. The molecule has 2 aromatic heterocycles. The van der Waals surface area contributed by atoms with Crippen molar-refractivity contribution in [1.82, 2.24) is 14.8 Å². The van der Waals surface area contributed by atoms with E-state index in [9.17, 15) is 27.6 Å². The van der Waals surface area contributed by atoms with Gasteiger partial charge in [-0.05, 0) is 12.5 Å². The van der Waals surface area contributed by atoms with Gasteiger partial charge in [0.2, 0.25) is 11.7 Å². The molecule has 0 spiro atoms. The Morgan fingerprint density at radius 2 is 1.79 bits per heavy atom. The topological polar surface area (TPSA) is 112 Å². The largest absolute Gasteiger partial charge is 0.465 e. The maximum atomic E-state index is 12.7. The van der Waals surface area contributed by atoms with Crippen molar-refractivity contribution < 1.29 is 37.0 Å². The van der Waals surface area contributed by atoms with Crippen molar-refractivity contribution in [2.24, 2.45) is 7.05 Å². The lowest BCUT2D eigenvalue weighted by Crippen LogP contribution is -2.17. The SMILES string of the molecule is COC(=O)c1sc(NC(=O)CSc2nnc(C(F)(F)F)n2C)c(C(=O)OC)c1C. The summed E-state index contributed by atoms with van der Waals surface area (Å²) in [5, 5.41) is 8.90. The minimum Gasteiger partial charge on any atom is -0.465 e. The number of thiophene rings is 1. The predicted molar refractivity (Wildman–Crippen MR) is 97.1 cm³/mol. The minimum absolute atomic E-state index is 0.00531. The van der Waals surface area contributed by atoms with E-state index in [1.807, 2.05) is 0 Å². The van der Waals surface area contributed by atoms with Gasteiger partial charge in [-0.1, -0.05) is 11.8 Å². The lowest BCUT2D eigenvalue weighted by atomic mass is 10.1. The first kappa shape index (κ1) is 22.7. The van der Waals surface area contributed by atoms with Crippen LogP contribution in [0.4, 0.5) is 18.2 Å². The highest BCUT2D eigenvalue weighted by Crippen LogP contribution is 2.34. The Labute approximate surface area is 170 Å². The smallest absolute Gasteiger partial charge is 0.451 e. The Balaban J connectivity index is 2.18. The highest BCUT2D eigenvalue weighted by atomic mass is 32.2. The number of hydrogen-bond donors (Lipinski definition) is 1. The van der Waals surface area contributed by atoms with Gasteiger partial charge in [-0.3, -0.25) is 4.79 Å². The Bertz CT molecular complexity index is 955. The minimum atomic E-state index is -4.67.